The molecule has 37 heavy (non-hydrogen) atoms. The van der Waals surface area contributed by atoms with Gasteiger partial charge in [-0.15, -0.1) is 11.3 Å². The number of piperidine rings is 1. The number of nitro groups is 1. The van der Waals surface area contributed by atoms with Crippen molar-refractivity contribution in [2.24, 2.45) is 5.92 Å². The van der Waals surface area contributed by atoms with Gasteiger partial charge in [0.2, 0.25) is 0 Å². The van der Waals surface area contributed by atoms with E-state index >= 15 is 0 Å². The Kier molecular flexibility index (Phi) is 7.56. The molecule has 1 aliphatic heterocycles. The van der Waals surface area contributed by atoms with Crippen molar-refractivity contribution in [1.82, 2.24) is 4.98 Å². The zero-order valence-electron chi connectivity index (χ0n) is 20.3. The van der Waals surface area contributed by atoms with Crippen LogP contribution in [0.2, 0.25) is 0 Å². The molecule has 0 radical (unpaired) electrons. The standard InChI is InChI=1S/C29H27N3O4S/c33-29(36-19-24-20-37-28(30-24)23-9-5-2-6-10-23)26-18-25(32(34)35)11-12-27(26)31-15-13-22(14-16-31)17-21-7-3-1-4-8-21/h1-12,18,20,22H,13-17,19H2. The van der Waals surface area contributed by atoms with E-state index < -0.39 is 10.9 Å². The predicted molar refractivity (Wildman–Crippen MR) is 145 cm³/mol. The first kappa shape index (κ1) is 24.6. The molecular formula is C29H27N3O4S. The Morgan fingerprint density at radius 2 is 1.73 bits per heavy atom. The first-order valence-electron chi connectivity index (χ1n) is 12.3. The average molecular weight is 514 g/mol. The van der Waals surface area contributed by atoms with Gasteiger partial charge < -0.3 is 9.64 Å². The monoisotopic (exact) mass is 513 g/mol. The molecule has 0 amide bonds. The molecule has 7 nitrogen and oxygen atoms in total. The van der Waals surface area contributed by atoms with E-state index in [4.69, 9.17) is 4.74 Å². The summed E-state index contributed by atoms with van der Waals surface area (Å²) in [6, 6.07) is 24.7. The summed E-state index contributed by atoms with van der Waals surface area (Å²) < 4.78 is 5.59. The Labute approximate surface area is 219 Å². The van der Waals surface area contributed by atoms with E-state index in [1.54, 1.807) is 6.07 Å². The van der Waals surface area contributed by atoms with Crippen LogP contribution < -0.4 is 4.90 Å². The van der Waals surface area contributed by atoms with Gasteiger partial charge in [0, 0.05) is 36.2 Å². The van der Waals surface area contributed by atoms with Gasteiger partial charge in [-0.3, -0.25) is 10.1 Å². The smallest absolute Gasteiger partial charge is 0.340 e. The molecule has 1 aliphatic rings. The molecule has 5 rings (SSSR count). The minimum atomic E-state index is -0.584. The molecule has 0 atom stereocenters. The molecule has 2 heterocycles. The number of esters is 1. The van der Waals surface area contributed by atoms with E-state index in [1.165, 1.54) is 29.0 Å². The number of aromatic nitrogens is 1. The third-order valence-corrected chi connectivity index (χ3v) is 7.60. The Morgan fingerprint density at radius 1 is 1.03 bits per heavy atom. The molecule has 188 valence electrons. The third kappa shape index (κ3) is 6.03. The summed E-state index contributed by atoms with van der Waals surface area (Å²) in [7, 11) is 0. The van der Waals surface area contributed by atoms with Crippen molar-refractivity contribution in [2.75, 3.05) is 18.0 Å². The normalized spacial score (nSPS) is 13.9. The number of carbonyl (C=O) groups is 1. The van der Waals surface area contributed by atoms with Gasteiger partial charge in [-0.25, -0.2) is 9.78 Å². The Balaban J connectivity index is 1.27. The van der Waals surface area contributed by atoms with E-state index in [0.717, 1.165) is 42.9 Å². The fraction of sp³-hybridized carbons (Fsp3) is 0.241. The SMILES string of the molecule is O=C(OCc1csc(-c2ccccc2)n1)c1cc([N+](=O)[O-])ccc1N1CCC(Cc2ccccc2)CC1. The number of nitrogens with zero attached hydrogens (tertiary/aromatic N) is 3. The van der Waals surface area contributed by atoms with Crippen LogP contribution in [-0.4, -0.2) is 29.0 Å². The van der Waals surface area contributed by atoms with Gasteiger partial charge in [-0.05, 0) is 36.8 Å². The van der Waals surface area contributed by atoms with Gasteiger partial charge in [0.15, 0.2) is 0 Å². The van der Waals surface area contributed by atoms with Crippen LogP contribution in [0.3, 0.4) is 0 Å². The number of hydrogen-bond donors (Lipinski definition) is 0. The molecular weight excluding hydrogens is 486 g/mol. The number of rotatable bonds is 8. The molecule has 1 aromatic heterocycles. The Bertz CT molecular complexity index is 1370. The lowest BCUT2D eigenvalue weighted by atomic mass is 9.90. The van der Waals surface area contributed by atoms with E-state index in [1.807, 2.05) is 41.8 Å². The van der Waals surface area contributed by atoms with Crippen molar-refractivity contribution in [2.45, 2.75) is 25.9 Å². The highest BCUT2D eigenvalue weighted by molar-refractivity contribution is 7.13. The summed E-state index contributed by atoms with van der Waals surface area (Å²) in [5, 5.41) is 14.1. The lowest BCUT2D eigenvalue weighted by Crippen LogP contribution is -2.35. The van der Waals surface area contributed by atoms with Crippen LogP contribution in [0.15, 0.2) is 84.2 Å². The molecule has 4 aromatic rings. The molecule has 0 saturated carbocycles. The Hall–Kier alpha value is -4.04. The number of thiazole rings is 1. The molecule has 0 N–H and O–H groups in total. The quantitative estimate of drug-likeness (QED) is 0.151. The van der Waals surface area contributed by atoms with E-state index in [2.05, 4.69) is 34.1 Å². The second-order valence-corrected chi connectivity index (χ2v) is 10.0. The van der Waals surface area contributed by atoms with Crippen molar-refractivity contribution < 1.29 is 14.5 Å². The van der Waals surface area contributed by atoms with Crippen molar-refractivity contribution >= 4 is 28.7 Å². The lowest BCUT2D eigenvalue weighted by molar-refractivity contribution is -0.384. The maximum absolute atomic E-state index is 13.1. The minimum absolute atomic E-state index is 0.00342. The van der Waals surface area contributed by atoms with Crippen LogP contribution in [-0.2, 0) is 17.8 Å². The van der Waals surface area contributed by atoms with Crippen molar-refractivity contribution in [3.05, 3.63) is 111 Å². The fourth-order valence-electron chi connectivity index (χ4n) is 4.71. The van der Waals surface area contributed by atoms with Crippen LogP contribution in [0.5, 0.6) is 0 Å². The second kappa shape index (κ2) is 11.3. The molecule has 0 unspecified atom stereocenters. The summed E-state index contributed by atoms with van der Waals surface area (Å²) >= 11 is 1.48. The minimum Gasteiger partial charge on any atom is -0.455 e. The summed E-state index contributed by atoms with van der Waals surface area (Å²) in [4.78, 5) is 30.8. The second-order valence-electron chi connectivity index (χ2n) is 9.16. The zero-order valence-corrected chi connectivity index (χ0v) is 21.1. The summed E-state index contributed by atoms with van der Waals surface area (Å²) in [5.74, 6) is -0.0186. The first-order chi connectivity index (χ1) is 18.1. The summed E-state index contributed by atoms with van der Waals surface area (Å²) in [5.41, 5.74) is 3.74. The number of anilines is 1. The third-order valence-electron chi connectivity index (χ3n) is 6.66. The predicted octanol–water partition coefficient (Wildman–Crippen LogP) is 6.53. The highest BCUT2D eigenvalue weighted by Gasteiger charge is 2.26. The van der Waals surface area contributed by atoms with Crippen LogP contribution in [0.25, 0.3) is 10.6 Å². The van der Waals surface area contributed by atoms with Gasteiger partial charge in [0.25, 0.3) is 5.69 Å². The topological polar surface area (TPSA) is 85.6 Å². The molecule has 3 aromatic carbocycles. The first-order valence-corrected chi connectivity index (χ1v) is 13.2. The lowest BCUT2D eigenvalue weighted by Gasteiger charge is -2.34. The molecule has 1 saturated heterocycles. The van der Waals surface area contributed by atoms with Crippen LogP contribution in [0.1, 0.15) is 34.5 Å². The van der Waals surface area contributed by atoms with Crippen LogP contribution in [0.4, 0.5) is 11.4 Å². The number of non-ortho nitro benzene ring substituents is 1. The number of nitro benzene ring substituents is 1. The summed E-state index contributed by atoms with van der Waals surface area (Å²) in [6.07, 6.45) is 3.01. The van der Waals surface area contributed by atoms with Crippen molar-refractivity contribution in [1.29, 1.82) is 0 Å². The van der Waals surface area contributed by atoms with Gasteiger partial charge in [0.1, 0.15) is 11.6 Å². The fourth-order valence-corrected chi connectivity index (χ4v) is 5.52. The maximum Gasteiger partial charge on any atom is 0.340 e. The van der Waals surface area contributed by atoms with Crippen molar-refractivity contribution in [3.63, 3.8) is 0 Å². The van der Waals surface area contributed by atoms with Crippen LogP contribution in [0, 0.1) is 16.0 Å². The number of carbonyl (C=O) groups excluding carboxylic acids is 1. The maximum atomic E-state index is 13.1. The van der Waals surface area contributed by atoms with Crippen molar-refractivity contribution in [3.8, 4) is 10.6 Å². The van der Waals surface area contributed by atoms with E-state index in [9.17, 15) is 14.9 Å². The number of ether oxygens (including phenoxy) is 1. The molecule has 0 bridgehead atoms. The zero-order chi connectivity index (χ0) is 25.6. The van der Waals surface area contributed by atoms with E-state index in [-0.39, 0.29) is 17.9 Å². The average Bonchev–Trinajstić information content (AvgIpc) is 3.42. The van der Waals surface area contributed by atoms with E-state index in [0.29, 0.717) is 17.3 Å². The molecule has 1 fully saturated rings. The highest BCUT2D eigenvalue weighted by Crippen LogP contribution is 2.31. The molecule has 0 spiro atoms. The highest BCUT2D eigenvalue weighted by atomic mass is 32.1. The molecule has 0 aliphatic carbocycles. The van der Waals surface area contributed by atoms with Gasteiger partial charge in [0.05, 0.1) is 21.9 Å². The van der Waals surface area contributed by atoms with Gasteiger partial charge in [-0.2, -0.15) is 0 Å². The van der Waals surface area contributed by atoms with Gasteiger partial charge in [-0.1, -0.05) is 60.7 Å². The number of benzene rings is 3. The summed E-state index contributed by atoms with van der Waals surface area (Å²) in [6.45, 7) is 1.56. The van der Waals surface area contributed by atoms with Crippen LogP contribution >= 0.6 is 11.3 Å². The molecule has 8 heteroatoms. The number of hydrogen-bond acceptors (Lipinski definition) is 7. The Morgan fingerprint density at radius 3 is 2.43 bits per heavy atom. The van der Waals surface area contributed by atoms with Gasteiger partial charge >= 0.3 is 5.97 Å². The largest absolute Gasteiger partial charge is 0.455 e.